The zero-order valence-corrected chi connectivity index (χ0v) is 11.0. The summed E-state index contributed by atoms with van der Waals surface area (Å²) >= 11 is 3.38. The highest BCUT2D eigenvalue weighted by molar-refractivity contribution is 9.10. The standard InChI is InChI=1S/C12H11BrN4O/c13-10-3-1-8(2-4-10)5-11-15-6-9(7-16-11)12(18)17-14/h1-4,6-7H,5,14H2,(H,17,18). The van der Waals surface area contributed by atoms with Gasteiger partial charge in [0.15, 0.2) is 0 Å². The summed E-state index contributed by atoms with van der Waals surface area (Å²) in [5, 5.41) is 0. The van der Waals surface area contributed by atoms with Crippen molar-refractivity contribution in [2.75, 3.05) is 0 Å². The topological polar surface area (TPSA) is 80.9 Å². The molecule has 1 aromatic heterocycles. The molecule has 0 bridgehead atoms. The third-order valence-corrected chi connectivity index (χ3v) is 2.90. The van der Waals surface area contributed by atoms with E-state index in [0.29, 0.717) is 17.8 Å². The Morgan fingerprint density at radius 3 is 2.39 bits per heavy atom. The van der Waals surface area contributed by atoms with Crippen molar-refractivity contribution in [1.29, 1.82) is 0 Å². The molecule has 2 rings (SSSR count). The number of halogens is 1. The summed E-state index contributed by atoms with van der Waals surface area (Å²) in [4.78, 5) is 19.5. The lowest BCUT2D eigenvalue weighted by Crippen LogP contribution is -2.30. The predicted octanol–water partition coefficient (Wildman–Crippen LogP) is 1.43. The lowest BCUT2D eigenvalue weighted by atomic mass is 10.1. The molecule has 1 amide bonds. The van der Waals surface area contributed by atoms with Crippen molar-refractivity contribution in [3.8, 4) is 0 Å². The summed E-state index contributed by atoms with van der Waals surface area (Å²) in [5.74, 6) is 5.28. The van der Waals surface area contributed by atoms with Gasteiger partial charge in [0.05, 0.1) is 5.56 Å². The molecular weight excluding hydrogens is 296 g/mol. The number of hydrazine groups is 1. The zero-order valence-electron chi connectivity index (χ0n) is 9.43. The lowest BCUT2D eigenvalue weighted by Gasteiger charge is -2.02. The molecule has 3 N–H and O–H groups in total. The first-order valence-corrected chi connectivity index (χ1v) is 6.04. The molecule has 18 heavy (non-hydrogen) atoms. The second kappa shape index (κ2) is 5.70. The van der Waals surface area contributed by atoms with Crippen LogP contribution in [0.25, 0.3) is 0 Å². The summed E-state index contributed by atoms with van der Waals surface area (Å²) in [6.45, 7) is 0. The first-order chi connectivity index (χ1) is 8.69. The van der Waals surface area contributed by atoms with Gasteiger partial charge >= 0.3 is 0 Å². The number of aromatic nitrogens is 2. The number of nitrogens with zero attached hydrogens (tertiary/aromatic N) is 2. The smallest absolute Gasteiger partial charge is 0.268 e. The number of nitrogen functional groups attached to an aromatic ring is 1. The molecular formula is C12H11BrN4O. The zero-order chi connectivity index (χ0) is 13.0. The van der Waals surface area contributed by atoms with E-state index in [4.69, 9.17) is 5.84 Å². The van der Waals surface area contributed by atoms with E-state index in [9.17, 15) is 4.79 Å². The van der Waals surface area contributed by atoms with Gasteiger partial charge in [-0.15, -0.1) is 0 Å². The van der Waals surface area contributed by atoms with E-state index in [1.165, 1.54) is 12.4 Å². The van der Waals surface area contributed by atoms with Gasteiger partial charge < -0.3 is 0 Å². The summed E-state index contributed by atoms with van der Waals surface area (Å²) in [6, 6.07) is 7.92. The van der Waals surface area contributed by atoms with Gasteiger partial charge in [-0.1, -0.05) is 28.1 Å². The van der Waals surface area contributed by atoms with Crippen LogP contribution in [0.3, 0.4) is 0 Å². The predicted molar refractivity (Wildman–Crippen MR) is 70.6 cm³/mol. The molecule has 1 heterocycles. The fourth-order valence-corrected chi connectivity index (χ4v) is 1.70. The van der Waals surface area contributed by atoms with Crippen LogP contribution < -0.4 is 11.3 Å². The fraction of sp³-hybridized carbons (Fsp3) is 0.0833. The maximum atomic E-state index is 11.2. The van der Waals surface area contributed by atoms with Crippen LogP contribution in [0, 0.1) is 0 Å². The Morgan fingerprint density at radius 2 is 1.83 bits per heavy atom. The summed E-state index contributed by atoms with van der Waals surface area (Å²) < 4.78 is 1.03. The number of hydrogen-bond donors (Lipinski definition) is 2. The Labute approximate surface area is 113 Å². The Hall–Kier alpha value is -1.79. The molecule has 0 aliphatic carbocycles. The number of hydrogen-bond acceptors (Lipinski definition) is 4. The third kappa shape index (κ3) is 3.12. The van der Waals surface area contributed by atoms with E-state index < -0.39 is 5.91 Å². The number of carbonyl (C=O) groups excluding carboxylic acids is 1. The van der Waals surface area contributed by atoms with Crippen LogP contribution in [0.2, 0.25) is 0 Å². The van der Waals surface area contributed by atoms with Crippen molar-refractivity contribution >= 4 is 21.8 Å². The minimum atomic E-state index is -0.398. The van der Waals surface area contributed by atoms with Gasteiger partial charge in [-0.2, -0.15) is 0 Å². The summed E-state index contributed by atoms with van der Waals surface area (Å²) in [6.07, 6.45) is 3.55. The first kappa shape index (κ1) is 12.7. The highest BCUT2D eigenvalue weighted by Gasteiger charge is 2.05. The van der Waals surface area contributed by atoms with Gasteiger partial charge in [0.1, 0.15) is 5.82 Å². The van der Waals surface area contributed by atoms with E-state index in [2.05, 4.69) is 25.9 Å². The van der Waals surface area contributed by atoms with Crippen LogP contribution in [-0.4, -0.2) is 15.9 Å². The van der Waals surface area contributed by atoms with Gasteiger partial charge in [0.25, 0.3) is 5.91 Å². The summed E-state index contributed by atoms with van der Waals surface area (Å²) in [7, 11) is 0. The molecule has 0 atom stereocenters. The van der Waals surface area contributed by atoms with Crippen molar-refractivity contribution in [2.45, 2.75) is 6.42 Å². The number of carbonyl (C=O) groups is 1. The van der Waals surface area contributed by atoms with E-state index in [-0.39, 0.29) is 0 Å². The second-order valence-corrected chi connectivity index (χ2v) is 4.58. The molecule has 0 spiro atoms. The molecule has 2 aromatic rings. The molecule has 92 valence electrons. The molecule has 0 fully saturated rings. The SMILES string of the molecule is NNC(=O)c1cnc(Cc2ccc(Br)cc2)nc1. The highest BCUT2D eigenvalue weighted by atomic mass is 79.9. The highest BCUT2D eigenvalue weighted by Crippen LogP contribution is 2.12. The number of nitrogens with one attached hydrogen (secondary N) is 1. The van der Waals surface area contributed by atoms with Crippen molar-refractivity contribution in [1.82, 2.24) is 15.4 Å². The Bertz CT molecular complexity index is 539. The largest absolute Gasteiger partial charge is 0.290 e. The maximum Gasteiger partial charge on any atom is 0.268 e. The quantitative estimate of drug-likeness (QED) is 0.511. The van der Waals surface area contributed by atoms with E-state index in [0.717, 1.165) is 10.0 Å². The van der Waals surface area contributed by atoms with Crippen LogP contribution in [0.15, 0.2) is 41.1 Å². The average Bonchev–Trinajstić information content (AvgIpc) is 2.41. The van der Waals surface area contributed by atoms with Gasteiger partial charge in [0, 0.05) is 23.3 Å². The molecule has 1 aromatic carbocycles. The Morgan fingerprint density at radius 1 is 1.22 bits per heavy atom. The van der Waals surface area contributed by atoms with Gasteiger partial charge in [-0.05, 0) is 17.7 Å². The van der Waals surface area contributed by atoms with Crippen LogP contribution in [0.5, 0.6) is 0 Å². The van der Waals surface area contributed by atoms with Crippen molar-refractivity contribution in [2.24, 2.45) is 5.84 Å². The van der Waals surface area contributed by atoms with E-state index >= 15 is 0 Å². The third-order valence-electron chi connectivity index (χ3n) is 2.37. The fourth-order valence-electron chi connectivity index (χ4n) is 1.43. The molecule has 0 aliphatic rings. The van der Waals surface area contributed by atoms with E-state index in [1.54, 1.807) is 0 Å². The van der Waals surface area contributed by atoms with Crippen LogP contribution >= 0.6 is 15.9 Å². The molecule has 0 radical (unpaired) electrons. The minimum Gasteiger partial charge on any atom is -0.290 e. The average molecular weight is 307 g/mol. The number of amides is 1. The van der Waals surface area contributed by atoms with Gasteiger partial charge in [-0.3, -0.25) is 10.2 Å². The normalized spacial score (nSPS) is 10.1. The van der Waals surface area contributed by atoms with E-state index in [1.807, 2.05) is 29.7 Å². The van der Waals surface area contributed by atoms with Gasteiger partial charge in [-0.25, -0.2) is 15.8 Å². The minimum absolute atomic E-state index is 0.344. The molecule has 0 saturated heterocycles. The van der Waals surface area contributed by atoms with Crippen LogP contribution in [-0.2, 0) is 6.42 Å². The Balaban J connectivity index is 2.10. The number of benzene rings is 1. The molecule has 0 saturated carbocycles. The lowest BCUT2D eigenvalue weighted by molar-refractivity contribution is 0.0953. The van der Waals surface area contributed by atoms with Crippen LogP contribution in [0.1, 0.15) is 21.7 Å². The molecule has 6 heteroatoms. The first-order valence-electron chi connectivity index (χ1n) is 5.25. The van der Waals surface area contributed by atoms with Crippen molar-refractivity contribution in [3.63, 3.8) is 0 Å². The maximum absolute atomic E-state index is 11.2. The van der Waals surface area contributed by atoms with Crippen molar-refractivity contribution in [3.05, 3.63) is 58.1 Å². The molecule has 0 unspecified atom stereocenters. The van der Waals surface area contributed by atoms with Crippen LogP contribution in [0.4, 0.5) is 0 Å². The molecule has 5 nitrogen and oxygen atoms in total. The summed E-state index contributed by atoms with van der Waals surface area (Å²) in [5.41, 5.74) is 3.48. The van der Waals surface area contributed by atoms with Crippen molar-refractivity contribution < 1.29 is 4.79 Å². The number of rotatable bonds is 3. The monoisotopic (exact) mass is 306 g/mol. The molecule has 0 aliphatic heterocycles. The van der Waals surface area contributed by atoms with Gasteiger partial charge in [0.2, 0.25) is 0 Å². The second-order valence-electron chi connectivity index (χ2n) is 3.66. The number of nitrogens with two attached hydrogens (primary N) is 1. The Kier molecular flexibility index (Phi) is 4.01.